The highest BCUT2D eigenvalue weighted by Gasteiger charge is 2.19. The second kappa shape index (κ2) is 6.29. The van der Waals surface area contributed by atoms with Gasteiger partial charge >= 0.3 is 0 Å². The minimum atomic E-state index is -0.0761. The normalized spacial score (nSPS) is 10.8. The zero-order valence-corrected chi connectivity index (χ0v) is 14.2. The molecule has 1 heterocycles. The molecule has 0 N–H and O–H groups in total. The maximum atomic E-state index is 12.4. The second-order valence-electron chi connectivity index (χ2n) is 4.36. The van der Waals surface area contributed by atoms with Crippen LogP contribution in [-0.4, -0.2) is 15.6 Å². The van der Waals surface area contributed by atoms with Gasteiger partial charge in [-0.2, -0.15) is 5.10 Å². The van der Waals surface area contributed by atoms with Gasteiger partial charge in [-0.15, -0.1) is 0 Å². The fourth-order valence-corrected chi connectivity index (χ4v) is 2.83. The Hall–Kier alpha value is -0.840. The van der Waals surface area contributed by atoms with Gasteiger partial charge < -0.3 is 0 Å². The number of carbonyl (C=O) groups is 1. The van der Waals surface area contributed by atoms with Gasteiger partial charge in [-0.05, 0) is 41.9 Å². The first-order chi connectivity index (χ1) is 9.45. The topological polar surface area (TPSA) is 34.9 Å². The van der Waals surface area contributed by atoms with Crippen LogP contribution in [0.15, 0.2) is 22.7 Å². The quantitative estimate of drug-likeness (QED) is 0.725. The molecule has 0 aliphatic rings. The van der Waals surface area contributed by atoms with Gasteiger partial charge in [0.2, 0.25) is 0 Å². The summed E-state index contributed by atoms with van der Waals surface area (Å²) in [4.78, 5) is 12.4. The Bertz CT molecular complexity index is 667. The van der Waals surface area contributed by atoms with E-state index in [1.165, 1.54) is 0 Å². The van der Waals surface area contributed by atoms with Crippen molar-refractivity contribution in [3.8, 4) is 0 Å². The van der Waals surface area contributed by atoms with Gasteiger partial charge in [-0.1, -0.05) is 29.3 Å². The van der Waals surface area contributed by atoms with E-state index in [9.17, 15) is 4.79 Å². The van der Waals surface area contributed by atoms with Crippen LogP contribution in [0.2, 0.25) is 10.0 Å². The fraction of sp³-hybridized carbons (Fsp3) is 0.286. The molecule has 1 aromatic carbocycles. The van der Waals surface area contributed by atoms with Crippen LogP contribution in [0, 0.1) is 6.92 Å². The Labute approximate surface area is 136 Å². The summed E-state index contributed by atoms with van der Waals surface area (Å²) < 4.78 is 2.68. The third kappa shape index (κ3) is 2.92. The van der Waals surface area contributed by atoms with Gasteiger partial charge in [0.05, 0.1) is 32.3 Å². The van der Waals surface area contributed by atoms with Crippen molar-refractivity contribution in [3.05, 3.63) is 49.7 Å². The molecule has 0 aliphatic carbocycles. The molecule has 0 saturated carbocycles. The van der Waals surface area contributed by atoms with Gasteiger partial charge in [-0.3, -0.25) is 9.48 Å². The Balaban J connectivity index is 2.35. The summed E-state index contributed by atoms with van der Waals surface area (Å²) in [5.74, 6) is -0.0761. The van der Waals surface area contributed by atoms with Crippen molar-refractivity contribution in [1.82, 2.24) is 9.78 Å². The summed E-state index contributed by atoms with van der Waals surface area (Å²) in [6.07, 6.45) is 0.231. The van der Waals surface area contributed by atoms with E-state index in [1.807, 2.05) is 18.5 Å². The van der Waals surface area contributed by atoms with Crippen LogP contribution in [0.4, 0.5) is 0 Å². The fourth-order valence-electron chi connectivity index (χ4n) is 2.00. The summed E-state index contributed by atoms with van der Waals surface area (Å²) in [6.45, 7) is 4.59. The van der Waals surface area contributed by atoms with Crippen molar-refractivity contribution in [1.29, 1.82) is 0 Å². The van der Waals surface area contributed by atoms with Crippen molar-refractivity contribution in [2.45, 2.75) is 26.8 Å². The first-order valence-electron chi connectivity index (χ1n) is 6.14. The SMILES string of the molecule is CCn1nc(C)c(Br)c1CC(=O)c1cccc(Cl)c1Cl. The highest BCUT2D eigenvalue weighted by molar-refractivity contribution is 9.10. The predicted molar refractivity (Wildman–Crippen MR) is 84.8 cm³/mol. The maximum Gasteiger partial charge on any atom is 0.170 e. The van der Waals surface area contributed by atoms with E-state index in [4.69, 9.17) is 23.2 Å². The number of aromatic nitrogens is 2. The number of ketones is 1. The minimum absolute atomic E-state index is 0.0761. The molecule has 6 heteroatoms. The number of benzene rings is 1. The number of nitrogens with zero attached hydrogens (tertiary/aromatic N) is 2. The Morgan fingerprint density at radius 3 is 2.75 bits per heavy atom. The molecule has 0 aliphatic heterocycles. The average Bonchev–Trinajstić information content (AvgIpc) is 2.69. The van der Waals surface area contributed by atoms with Crippen LogP contribution in [0.5, 0.6) is 0 Å². The molecule has 0 saturated heterocycles. The molecule has 1 aromatic heterocycles. The van der Waals surface area contributed by atoms with Crippen LogP contribution in [-0.2, 0) is 13.0 Å². The summed E-state index contributed by atoms with van der Waals surface area (Å²) >= 11 is 15.5. The van der Waals surface area contributed by atoms with Crippen LogP contribution >= 0.6 is 39.1 Å². The average molecular weight is 376 g/mol. The number of aryl methyl sites for hydroxylation is 2. The van der Waals surface area contributed by atoms with E-state index >= 15 is 0 Å². The molecule has 0 unspecified atom stereocenters. The van der Waals surface area contributed by atoms with Crippen molar-refractivity contribution in [3.63, 3.8) is 0 Å². The zero-order chi connectivity index (χ0) is 14.9. The molecular formula is C14H13BrCl2N2O. The van der Waals surface area contributed by atoms with E-state index in [0.717, 1.165) is 15.9 Å². The molecule has 0 fully saturated rings. The molecule has 0 amide bonds. The molecule has 0 atom stereocenters. The molecular weight excluding hydrogens is 363 g/mol. The van der Waals surface area contributed by atoms with Gasteiger partial charge in [0.25, 0.3) is 0 Å². The third-order valence-electron chi connectivity index (χ3n) is 3.03. The number of hydrogen-bond donors (Lipinski definition) is 0. The number of rotatable bonds is 4. The molecule has 2 rings (SSSR count). The van der Waals surface area contributed by atoms with Gasteiger partial charge in [0.1, 0.15) is 0 Å². The van der Waals surface area contributed by atoms with E-state index in [-0.39, 0.29) is 12.2 Å². The Kier molecular flexibility index (Phi) is 4.89. The largest absolute Gasteiger partial charge is 0.294 e. The van der Waals surface area contributed by atoms with Crippen LogP contribution in [0.3, 0.4) is 0 Å². The Morgan fingerprint density at radius 1 is 1.40 bits per heavy atom. The van der Waals surface area contributed by atoms with Gasteiger partial charge in [0.15, 0.2) is 5.78 Å². The molecule has 3 nitrogen and oxygen atoms in total. The maximum absolute atomic E-state index is 12.4. The van der Waals surface area contributed by atoms with E-state index in [0.29, 0.717) is 22.2 Å². The van der Waals surface area contributed by atoms with Crippen LogP contribution in [0.1, 0.15) is 28.7 Å². The predicted octanol–water partition coefficient (Wildman–Crippen LogP) is 4.71. The highest BCUT2D eigenvalue weighted by Crippen LogP contribution is 2.28. The lowest BCUT2D eigenvalue weighted by atomic mass is 10.1. The zero-order valence-electron chi connectivity index (χ0n) is 11.1. The third-order valence-corrected chi connectivity index (χ3v) is 4.88. The van der Waals surface area contributed by atoms with Crippen molar-refractivity contribution in [2.24, 2.45) is 0 Å². The van der Waals surface area contributed by atoms with Crippen molar-refractivity contribution < 1.29 is 4.79 Å². The van der Waals surface area contributed by atoms with Crippen LogP contribution < -0.4 is 0 Å². The number of Topliss-reactive ketones (excluding diaryl/α,β-unsaturated/α-hetero) is 1. The first-order valence-corrected chi connectivity index (χ1v) is 7.69. The monoisotopic (exact) mass is 374 g/mol. The first kappa shape index (κ1) is 15.5. The number of halogens is 3. The van der Waals surface area contributed by atoms with E-state index < -0.39 is 0 Å². The summed E-state index contributed by atoms with van der Waals surface area (Å²) in [5, 5.41) is 5.06. The van der Waals surface area contributed by atoms with Crippen molar-refractivity contribution >= 4 is 44.9 Å². The van der Waals surface area contributed by atoms with Crippen LogP contribution in [0.25, 0.3) is 0 Å². The lowest BCUT2D eigenvalue weighted by Crippen LogP contribution is -2.10. The molecule has 0 bridgehead atoms. The van der Waals surface area contributed by atoms with Gasteiger partial charge in [0, 0.05) is 12.1 Å². The molecule has 20 heavy (non-hydrogen) atoms. The van der Waals surface area contributed by atoms with E-state index in [1.54, 1.807) is 18.2 Å². The summed E-state index contributed by atoms with van der Waals surface area (Å²) in [6, 6.07) is 5.07. The summed E-state index contributed by atoms with van der Waals surface area (Å²) in [5.41, 5.74) is 2.16. The van der Waals surface area contributed by atoms with E-state index in [2.05, 4.69) is 21.0 Å². The van der Waals surface area contributed by atoms with Gasteiger partial charge in [-0.25, -0.2) is 0 Å². The second-order valence-corrected chi connectivity index (χ2v) is 5.94. The lowest BCUT2D eigenvalue weighted by molar-refractivity contribution is 0.0990. The highest BCUT2D eigenvalue weighted by atomic mass is 79.9. The standard InChI is InChI=1S/C14H13BrCl2N2O/c1-3-19-11(13(15)8(2)18-19)7-12(20)9-5-4-6-10(16)14(9)17/h4-6H,3,7H2,1-2H3. The smallest absolute Gasteiger partial charge is 0.170 e. The number of carbonyl (C=O) groups excluding carboxylic acids is 1. The Morgan fingerprint density at radius 2 is 2.10 bits per heavy atom. The summed E-state index contributed by atoms with van der Waals surface area (Å²) in [7, 11) is 0. The lowest BCUT2D eigenvalue weighted by Gasteiger charge is -2.07. The molecule has 0 radical (unpaired) electrons. The molecule has 106 valence electrons. The molecule has 0 spiro atoms. The number of hydrogen-bond acceptors (Lipinski definition) is 2. The molecule has 2 aromatic rings. The van der Waals surface area contributed by atoms with Crippen molar-refractivity contribution in [2.75, 3.05) is 0 Å². The minimum Gasteiger partial charge on any atom is -0.294 e.